The highest BCUT2D eigenvalue weighted by Gasteiger charge is 2.22. The number of hydrogen-bond acceptors (Lipinski definition) is 6. The van der Waals surface area contributed by atoms with Crippen molar-refractivity contribution >= 4 is 5.97 Å². The fourth-order valence-electron chi connectivity index (χ4n) is 3.14. The molecule has 136 valence electrons. The van der Waals surface area contributed by atoms with E-state index >= 15 is 0 Å². The largest absolute Gasteiger partial charge is 0.480 e. The molecule has 7 nitrogen and oxygen atoms in total. The summed E-state index contributed by atoms with van der Waals surface area (Å²) in [5, 5.41) is 13.0. The predicted octanol–water partition coefficient (Wildman–Crippen LogP) is 2.03. The fraction of sp³-hybridized carbons (Fsp3) is 0.824. The zero-order chi connectivity index (χ0) is 17.5. The van der Waals surface area contributed by atoms with Crippen molar-refractivity contribution in [3.05, 3.63) is 11.7 Å². The number of likely N-dealkylation sites (N-methyl/N-ethyl adjacent to an activating group) is 1. The van der Waals surface area contributed by atoms with Crippen LogP contribution in [0.3, 0.4) is 0 Å². The van der Waals surface area contributed by atoms with Crippen molar-refractivity contribution in [2.24, 2.45) is 5.92 Å². The summed E-state index contributed by atoms with van der Waals surface area (Å²) < 4.78 is 5.38. The molecule has 1 aliphatic rings. The van der Waals surface area contributed by atoms with Crippen LogP contribution < -0.4 is 0 Å². The number of nitrogens with zero attached hydrogens (tertiary/aromatic N) is 4. The van der Waals surface area contributed by atoms with Gasteiger partial charge in [-0.2, -0.15) is 4.98 Å². The van der Waals surface area contributed by atoms with Crippen LogP contribution in [-0.2, 0) is 17.8 Å². The average Bonchev–Trinajstić information content (AvgIpc) is 2.81. The summed E-state index contributed by atoms with van der Waals surface area (Å²) in [5.74, 6) is 1.36. The lowest BCUT2D eigenvalue weighted by atomic mass is 10.1. The van der Waals surface area contributed by atoms with Crippen LogP contribution in [0.25, 0.3) is 0 Å². The molecule has 1 aliphatic heterocycles. The van der Waals surface area contributed by atoms with Gasteiger partial charge in [-0.3, -0.25) is 14.6 Å². The van der Waals surface area contributed by atoms with Crippen molar-refractivity contribution in [2.45, 2.75) is 58.5 Å². The van der Waals surface area contributed by atoms with Gasteiger partial charge in [0.05, 0.1) is 13.1 Å². The maximum atomic E-state index is 10.9. The van der Waals surface area contributed by atoms with Gasteiger partial charge in [-0.1, -0.05) is 19.0 Å². The van der Waals surface area contributed by atoms with Crippen LogP contribution in [0.5, 0.6) is 0 Å². The molecule has 0 amide bonds. The molecule has 0 radical (unpaired) electrons. The van der Waals surface area contributed by atoms with Crippen LogP contribution in [0.1, 0.15) is 51.2 Å². The van der Waals surface area contributed by atoms with Gasteiger partial charge in [0.15, 0.2) is 5.82 Å². The van der Waals surface area contributed by atoms with Crippen molar-refractivity contribution in [3.63, 3.8) is 0 Å². The van der Waals surface area contributed by atoms with Gasteiger partial charge in [-0.15, -0.1) is 0 Å². The molecule has 0 bridgehead atoms. The molecule has 2 heterocycles. The molecule has 0 spiro atoms. The Morgan fingerprint density at radius 2 is 2.21 bits per heavy atom. The molecule has 1 fully saturated rings. The van der Waals surface area contributed by atoms with Gasteiger partial charge in [0.2, 0.25) is 5.89 Å². The SMILES string of the molecule is CC(C)CCc1noc(CN2CCCC(N(C)CC(=O)O)CC2)n1. The van der Waals surface area contributed by atoms with Gasteiger partial charge in [-0.25, -0.2) is 0 Å². The molecule has 2 rings (SSSR count). The molecule has 1 unspecified atom stereocenters. The Morgan fingerprint density at radius 1 is 1.42 bits per heavy atom. The van der Waals surface area contributed by atoms with E-state index in [1.54, 1.807) is 0 Å². The summed E-state index contributed by atoms with van der Waals surface area (Å²) in [7, 11) is 1.90. The van der Waals surface area contributed by atoms with Crippen LogP contribution >= 0.6 is 0 Å². The normalized spacial score (nSPS) is 19.8. The van der Waals surface area contributed by atoms with Gasteiger partial charge in [0, 0.05) is 19.0 Å². The summed E-state index contributed by atoms with van der Waals surface area (Å²) in [6.07, 6.45) is 4.99. The summed E-state index contributed by atoms with van der Waals surface area (Å²) in [5.41, 5.74) is 0. The number of hydrogen-bond donors (Lipinski definition) is 1. The summed E-state index contributed by atoms with van der Waals surface area (Å²) in [6, 6.07) is 0.329. The first-order valence-corrected chi connectivity index (χ1v) is 8.90. The summed E-state index contributed by atoms with van der Waals surface area (Å²) in [6.45, 7) is 7.09. The van der Waals surface area contributed by atoms with Crippen molar-refractivity contribution in [1.82, 2.24) is 19.9 Å². The predicted molar refractivity (Wildman–Crippen MR) is 90.6 cm³/mol. The van der Waals surface area contributed by atoms with Crippen LogP contribution in [0.4, 0.5) is 0 Å². The highest BCUT2D eigenvalue weighted by molar-refractivity contribution is 5.69. The minimum Gasteiger partial charge on any atom is -0.480 e. The molecular weight excluding hydrogens is 308 g/mol. The van der Waals surface area contributed by atoms with Crippen molar-refractivity contribution < 1.29 is 14.4 Å². The Morgan fingerprint density at radius 3 is 2.92 bits per heavy atom. The van der Waals surface area contributed by atoms with E-state index in [1.807, 2.05) is 11.9 Å². The summed E-state index contributed by atoms with van der Waals surface area (Å²) >= 11 is 0. The molecule has 1 aromatic heterocycles. The van der Waals surface area contributed by atoms with E-state index in [2.05, 4.69) is 28.9 Å². The number of aliphatic carboxylic acids is 1. The number of likely N-dealkylation sites (tertiary alicyclic amines) is 1. The van der Waals surface area contributed by atoms with Gasteiger partial charge in [0.1, 0.15) is 0 Å². The van der Waals surface area contributed by atoms with Crippen LogP contribution in [0.15, 0.2) is 4.52 Å². The number of rotatable bonds is 8. The highest BCUT2D eigenvalue weighted by atomic mass is 16.5. The molecule has 24 heavy (non-hydrogen) atoms. The second-order valence-corrected chi connectivity index (χ2v) is 7.21. The minimum atomic E-state index is -0.765. The molecule has 1 saturated heterocycles. The van der Waals surface area contributed by atoms with Gasteiger partial charge in [0.25, 0.3) is 0 Å². The lowest BCUT2D eigenvalue weighted by molar-refractivity contribution is -0.138. The maximum absolute atomic E-state index is 10.9. The van der Waals surface area contributed by atoms with Crippen LogP contribution in [0.2, 0.25) is 0 Å². The van der Waals surface area contributed by atoms with E-state index in [1.165, 1.54) is 0 Å². The second-order valence-electron chi connectivity index (χ2n) is 7.21. The molecular formula is C17H30N4O3. The molecule has 0 saturated carbocycles. The van der Waals surface area contributed by atoms with Crippen molar-refractivity contribution in [1.29, 1.82) is 0 Å². The van der Waals surface area contributed by atoms with Gasteiger partial charge in [-0.05, 0) is 45.2 Å². The monoisotopic (exact) mass is 338 g/mol. The number of carboxylic acid groups (broad SMARTS) is 1. The van der Waals surface area contributed by atoms with Gasteiger partial charge >= 0.3 is 5.97 Å². The number of carbonyl (C=O) groups is 1. The topological polar surface area (TPSA) is 82.7 Å². The van der Waals surface area contributed by atoms with Gasteiger partial charge < -0.3 is 9.63 Å². The third-order valence-electron chi connectivity index (χ3n) is 4.61. The van der Waals surface area contributed by atoms with E-state index in [4.69, 9.17) is 9.63 Å². The number of aryl methyl sites for hydroxylation is 1. The Bertz CT molecular complexity index is 518. The second kappa shape index (κ2) is 9.13. The maximum Gasteiger partial charge on any atom is 0.317 e. The molecule has 1 aromatic rings. The van der Waals surface area contributed by atoms with E-state index in [0.29, 0.717) is 24.4 Å². The first-order valence-electron chi connectivity index (χ1n) is 8.90. The third kappa shape index (κ3) is 6.20. The first-order chi connectivity index (χ1) is 11.4. The molecule has 0 aliphatic carbocycles. The molecule has 0 aromatic carbocycles. The van der Waals surface area contributed by atoms with Crippen LogP contribution in [0, 0.1) is 5.92 Å². The molecule has 1 atom stereocenters. The Balaban J connectivity index is 1.80. The van der Waals surface area contributed by atoms with E-state index in [-0.39, 0.29) is 6.54 Å². The van der Waals surface area contributed by atoms with Crippen LogP contribution in [-0.4, -0.2) is 63.7 Å². The Labute approximate surface area is 144 Å². The van der Waals surface area contributed by atoms with E-state index < -0.39 is 5.97 Å². The molecule has 7 heteroatoms. The smallest absolute Gasteiger partial charge is 0.317 e. The lowest BCUT2D eigenvalue weighted by Crippen LogP contribution is -2.36. The van der Waals surface area contributed by atoms with E-state index in [9.17, 15) is 4.79 Å². The number of carboxylic acids is 1. The average molecular weight is 338 g/mol. The minimum absolute atomic E-state index is 0.105. The van der Waals surface area contributed by atoms with Crippen molar-refractivity contribution in [3.8, 4) is 0 Å². The Hall–Kier alpha value is -1.47. The Kier molecular flexibility index (Phi) is 7.17. The highest BCUT2D eigenvalue weighted by Crippen LogP contribution is 2.17. The standard InChI is InChI=1S/C17H30N4O3/c1-13(2)6-7-15-18-16(24-19-15)11-21-9-4-5-14(8-10-21)20(3)12-17(22)23/h13-14H,4-12H2,1-3H3,(H,22,23). The van der Waals surface area contributed by atoms with E-state index in [0.717, 1.165) is 51.0 Å². The third-order valence-corrected chi connectivity index (χ3v) is 4.61. The summed E-state index contributed by atoms with van der Waals surface area (Å²) in [4.78, 5) is 19.6. The lowest BCUT2D eigenvalue weighted by Gasteiger charge is -2.25. The quantitative estimate of drug-likeness (QED) is 0.776. The fourth-order valence-corrected chi connectivity index (χ4v) is 3.14. The first kappa shape index (κ1) is 18.9. The zero-order valence-electron chi connectivity index (χ0n) is 15.1. The van der Waals surface area contributed by atoms with Crippen molar-refractivity contribution in [2.75, 3.05) is 26.7 Å². The molecule has 1 N–H and O–H groups in total. The zero-order valence-corrected chi connectivity index (χ0v) is 15.1. The number of aromatic nitrogens is 2.